The van der Waals surface area contributed by atoms with Gasteiger partial charge in [-0.15, -0.1) is 0 Å². The van der Waals surface area contributed by atoms with E-state index in [0.29, 0.717) is 11.8 Å². The molecule has 0 aliphatic rings. The second-order valence-electron chi connectivity index (χ2n) is 5.13. The second kappa shape index (κ2) is 6.92. The van der Waals surface area contributed by atoms with Crippen LogP contribution in [0.25, 0.3) is 6.08 Å². The van der Waals surface area contributed by atoms with Crippen molar-refractivity contribution in [3.05, 3.63) is 71.8 Å². The van der Waals surface area contributed by atoms with Crippen molar-refractivity contribution in [3.63, 3.8) is 0 Å². The smallest absolute Gasteiger partial charge is 0.120 e. The van der Waals surface area contributed by atoms with E-state index in [-0.39, 0.29) is 6.04 Å². The fourth-order valence-electron chi connectivity index (χ4n) is 2.13. The fourth-order valence-corrected chi connectivity index (χ4v) is 2.13. The van der Waals surface area contributed by atoms with E-state index in [4.69, 9.17) is 0 Å². The third kappa shape index (κ3) is 3.97. The molecule has 0 bridgehead atoms. The molecular formula is C18H21NO. The van der Waals surface area contributed by atoms with Crippen LogP contribution in [0.1, 0.15) is 31.0 Å². The number of hydrogen-bond acceptors (Lipinski definition) is 2. The summed E-state index contributed by atoms with van der Waals surface area (Å²) in [5, 5.41) is 13.5. The van der Waals surface area contributed by atoms with Gasteiger partial charge < -0.3 is 10.4 Å². The maximum atomic E-state index is 10.0. The molecule has 0 radical (unpaired) electrons. The number of benzene rings is 2. The number of aromatic hydroxyl groups is 1. The monoisotopic (exact) mass is 267 g/mol. The maximum absolute atomic E-state index is 10.0. The van der Waals surface area contributed by atoms with Crippen molar-refractivity contribution in [2.24, 2.45) is 0 Å². The van der Waals surface area contributed by atoms with E-state index in [1.54, 1.807) is 6.07 Å². The SMILES string of the molecule is CC(C)NC(/C=C/c1ccccc1)c1ccccc1O. The summed E-state index contributed by atoms with van der Waals surface area (Å²) in [7, 11) is 0. The van der Waals surface area contributed by atoms with Crippen molar-refractivity contribution in [1.82, 2.24) is 5.32 Å². The quantitative estimate of drug-likeness (QED) is 0.853. The Bertz CT molecular complexity index is 561. The molecule has 0 amide bonds. The summed E-state index contributed by atoms with van der Waals surface area (Å²) in [5.41, 5.74) is 2.05. The standard InChI is InChI=1S/C18H21NO/c1-14(2)19-17(16-10-6-7-11-18(16)20)13-12-15-8-4-3-5-9-15/h3-14,17,19-20H,1-2H3/b13-12+. The summed E-state index contributed by atoms with van der Waals surface area (Å²) >= 11 is 0. The molecule has 0 heterocycles. The Morgan fingerprint density at radius 1 is 0.950 bits per heavy atom. The van der Waals surface area contributed by atoms with Crippen molar-refractivity contribution in [3.8, 4) is 5.75 Å². The Morgan fingerprint density at radius 2 is 1.60 bits per heavy atom. The van der Waals surface area contributed by atoms with Gasteiger partial charge in [0, 0.05) is 11.6 Å². The third-order valence-electron chi connectivity index (χ3n) is 3.07. The number of rotatable bonds is 5. The first-order valence-electron chi connectivity index (χ1n) is 6.94. The Morgan fingerprint density at radius 3 is 2.25 bits per heavy atom. The van der Waals surface area contributed by atoms with Crippen LogP contribution >= 0.6 is 0 Å². The van der Waals surface area contributed by atoms with E-state index in [1.807, 2.05) is 36.4 Å². The molecule has 0 aliphatic carbocycles. The lowest BCUT2D eigenvalue weighted by atomic mass is 10.0. The van der Waals surface area contributed by atoms with Gasteiger partial charge in [-0.05, 0) is 25.5 Å². The van der Waals surface area contributed by atoms with Gasteiger partial charge in [0.05, 0.1) is 6.04 Å². The van der Waals surface area contributed by atoms with Crippen molar-refractivity contribution in [2.45, 2.75) is 25.9 Å². The van der Waals surface area contributed by atoms with Gasteiger partial charge in [-0.2, -0.15) is 0 Å². The van der Waals surface area contributed by atoms with Gasteiger partial charge in [0.2, 0.25) is 0 Å². The summed E-state index contributed by atoms with van der Waals surface area (Å²) in [6, 6.07) is 18.0. The van der Waals surface area contributed by atoms with E-state index >= 15 is 0 Å². The summed E-state index contributed by atoms with van der Waals surface area (Å²) in [5.74, 6) is 0.323. The Kier molecular flexibility index (Phi) is 4.97. The highest BCUT2D eigenvalue weighted by Crippen LogP contribution is 2.25. The lowest BCUT2D eigenvalue weighted by Gasteiger charge is -2.19. The molecule has 20 heavy (non-hydrogen) atoms. The van der Waals surface area contributed by atoms with E-state index in [0.717, 1.165) is 11.1 Å². The molecule has 2 nitrogen and oxygen atoms in total. The zero-order valence-corrected chi connectivity index (χ0v) is 12.0. The minimum absolute atomic E-state index is 0.00333. The first kappa shape index (κ1) is 14.4. The lowest BCUT2D eigenvalue weighted by Crippen LogP contribution is -2.26. The van der Waals surface area contributed by atoms with Gasteiger partial charge in [-0.1, -0.05) is 60.7 Å². The van der Waals surface area contributed by atoms with Crippen LogP contribution in [0.2, 0.25) is 0 Å². The largest absolute Gasteiger partial charge is 0.508 e. The molecule has 2 heteroatoms. The topological polar surface area (TPSA) is 32.3 Å². The average Bonchev–Trinajstić information content (AvgIpc) is 2.45. The molecule has 1 unspecified atom stereocenters. The number of para-hydroxylation sites is 1. The predicted molar refractivity (Wildman–Crippen MR) is 84.6 cm³/mol. The summed E-state index contributed by atoms with van der Waals surface area (Å²) in [6.07, 6.45) is 4.16. The molecular weight excluding hydrogens is 246 g/mol. The van der Waals surface area contributed by atoms with Gasteiger partial charge in [0.15, 0.2) is 0 Å². The molecule has 2 aromatic rings. The van der Waals surface area contributed by atoms with Crippen molar-refractivity contribution in [1.29, 1.82) is 0 Å². The third-order valence-corrected chi connectivity index (χ3v) is 3.07. The van der Waals surface area contributed by atoms with Crippen molar-refractivity contribution >= 4 is 6.08 Å². The molecule has 0 fully saturated rings. The van der Waals surface area contributed by atoms with Crippen LogP contribution in [-0.4, -0.2) is 11.1 Å². The van der Waals surface area contributed by atoms with E-state index in [9.17, 15) is 5.11 Å². The second-order valence-corrected chi connectivity index (χ2v) is 5.13. The van der Waals surface area contributed by atoms with Gasteiger partial charge in [0.1, 0.15) is 5.75 Å². The Labute approximate surface area is 120 Å². The van der Waals surface area contributed by atoms with Crippen LogP contribution in [0.4, 0.5) is 0 Å². The fraction of sp³-hybridized carbons (Fsp3) is 0.222. The minimum atomic E-state index is -0.00333. The zero-order valence-electron chi connectivity index (χ0n) is 12.0. The van der Waals surface area contributed by atoms with E-state index in [2.05, 4.69) is 43.4 Å². The average molecular weight is 267 g/mol. The van der Waals surface area contributed by atoms with Crippen LogP contribution in [0, 0.1) is 0 Å². The Hall–Kier alpha value is -2.06. The number of nitrogens with one attached hydrogen (secondary N) is 1. The Balaban J connectivity index is 2.25. The van der Waals surface area contributed by atoms with Gasteiger partial charge in [-0.25, -0.2) is 0 Å². The lowest BCUT2D eigenvalue weighted by molar-refractivity contribution is 0.452. The van der Waals surface area contributed by atoms with Crippen LogP contribution < -0.4 is 5.32 Å². The zero-order chi connectivity index (χ0) is 14.4. The summed E-state index contributed by atoms with van der Waals surface area (Å²) < 4.78 is 0. The highest BCUT2D eigenvalue weighted by molar-refractivity contribution is 5.51. The molecule has 1 atom stereocenters. The first-order chi connectivity index (χ1) is 9.66. The number of hydrogen-bond donors (Lipinski definition) is 2. The minimum Gasteiger partial charge on any atom is -0.508 e. The van der Waals surface area contributed by atoms with E-state index in [1.165, 1.54) is 0 Å². The molecule has 2 rings (SSSR count). The maximum Gasteiger partial charge on any atom is 0.120 e. The van der Waals surface area contributed by atoms with Gasteiger partial charge in [-0.3, -0.25) is 0 Å². The van der Waals surface area contributed by atoms with Crippen LogP contribution in [0.5, 0.6) is 5.75 Å². The molecule has 0 spiro atoms. The molecule has 104 valence electrons. The molecule has 0 saturated heterocycles. The number of phenolic OH excluding ortho intramolecular Hbond substituents is 1. The number of phenols is 1. The summed E-state index contributed by atoms with van der Waals surface area (Å²) in [4.78, 5) is 0. The van der Waals surface area contributed by atoms with Crippen molar-refractivity contribution in [2.75, 3.05) is 0 Å². The van der Waals surface area contributed by atoms with Crippen LogP contribution in [-0.2, 0) is 0 Å². The predicted octanol–water partition coefficient (Wildman–Crippen LogP) is 4.14. The molecule has 0 aliphatic heterocycles. The molecule has 2 aromatic carbocycles. The van der Waals surface area contributed by atoms with Gasteiger partial charge in [0.25, 0.3) is 0 Å². The molecule has 2 N–H and O–H groups in total. The molecule has 0 saturated carbocycles. The summed E-state index contributed by atoms with van der Waals surface area (Å²) in [6.45, 7) is 4.20. The highest BCUT2D eigenvalue weighted by Gasteiger charge is 2.12. The highest BCUT2D eigenvalue weighted by atomic mass is 16.3. The molecule has 0 aromatic heterocycles. The van der Waals surface area contributed by atoms with E-state index < -0.39 is 0 Å². The van der Waals surface area contributed by atoms with Crippen LogP contribution in [0.15, 0.2) is 60.7 Å². The normalized spacial score (nSPS) is 12.9. The first-order valence-corrected chi connectivity index (χ1v) is 6.94. The van der Waals surface area contributed by atoms with Crippen molar-refractivity contribution < 1.29 is 5.11 Å². The van der Waals surface area contributed by atoms with Gasteiger partial charge >= 0.3 is 0 Å². The van der Waals surface area contributed by atoms with Crippen LogP contribution in [0.3, 0.4) is 0 Å².